The molecule has 2 heterocycles. The Hall–Kier alpha value is -2.74. The maximum Gasteiger partial charge on any atom is 0.353 e. The van der Waals surface area contributed by atoms with Crippen molar-refractivity contribution in [3.05, 3.63) is 52.3 Å². The van der Waals surface area contributed by atoms with E-state index in [1.54, 1.807) is 0 Å². The van der Waals surface area contributed by atoms with E-state index in [0.29, 0.717) is 25.5 Å². The van der Waals surface area contributed by atoms with E-state index in [4.69, 9.17) is 0 Å². The third-order valence-corrected chi connectivity index (χ3v) is 4.25. The highest BCUT2D eigenvalue weighted by atomic mass is 16.6. The molecule has 0 unspecified atom stereocenters. The molecule has 1 fully saturated rings. The van der Waals surface area contributed by atoms with Gasteiger partial charge in [-0.2, -0.15) is 0 Å². The molecule has 1 aromatic carbocycles. The number of rotatable bonds is 6. The van der Waals surface area contributed by atoms with E-state index in [0.717, 1.165) is 19.6 Å². The van der Waals surface area contributed by atoms with Crippen LogP contribution < -0.4 is 10.2 Å². The summed E-state index contributed by atoms with van der Waals surface area (Å²) in [5.74, 6) is 0.680. The number of aromatic nitrogens is 2. The molecule has 1 aromatic heterocycles. The first-order valence-corrected chi connectivity index (χ1v) is 8.43. The third kappa shape index (κ3) is 4.03. The molecule has 2 aromatic rings. The van der Waals surface area contributed by atoms with E-state index < -0.39 is 4.92 Å². The van der Waals surface area contributed by atoms with Crippen LogP contribution >= 0.6 is 0 Å². The number of nitro groups is 1. The zero-order chi connectivity index (χ0) is 17.6. The molecule has 8 heteroatoms. The highest BCUT2D eigenvalue weighted by Crippen LogP contribution is 2.32. The highest BCUT2D eigenvalue weighted by molar-refractivity contribution is 5.70. The van der Waals surface area contributed by atoms with Gasteiger partial charge in [-0.25, -0.2) is 9.97 Å². The predicted molar refractivity (Wildman–Crippen MR) is 96.8 cm³/mol. The molecule has 0 spiro atoms. The number of benzene rings is 1. The van der Waals surface area contributed by atoms with Crippen molar-refractivity contribution in [1.82, 2.24) is 14.9 Å². The van der Waals surface area contributed by atoms with Crippen LogP contribution in [0.5, 0.6) is 0 Å². The van der Waals surface area contributed by atoms with Crippen molar-refractivity contribution in [1.29, 1.82) is 0 Å². The average molecular weight is 342 g/mol. The molecular weight excluding hydrogens is 320 g/mol. The summed E-state index contributed by atoms with van der Waals surface area (Å²) in [7, 11) is 0. The molecule has 1 N–H and O–H groups in total. The largest absolute Gasteiger partial charge is 0.364 e. The van der Waals surface area contributed by atoms with Crippen LogP contribution in [0.15, 0.2) is 36.7 Å². The van der Waals surface area contributed by atoms with Crippen molar-refractivity contribution in [2.24, 2.45) is 0 Å². The Labute approximate surface area is 146 Å². The summed E-state index contributed by atoms with van der Waals surface area (Å²) in [5, 5.41) is 14.5. The molecule has 0 amide bonds. The molecule has 0 aliphatic carbocycles. The van der Waals surface area contributed by atoms with Gasteiger partial charge in [0.15, 0.2) is 0 Å². The Morgan fingerprint density at radius 1 is 1.16 bits per heavy atom. The minimum Gasteiger partial charge on any atom is -0.364 e. The SMILES string of the molecule is CCNc1ncnc(N2CCN(Cc3ccccc3)CC2)c1[N+](=O)[O-]. The van der Waals surface area contributed by atoms with Gasteiger partial charge in [0.1, 0.15) is 6.33 Å². The lowest BCUT2D eigenvalue weighted by atomic mass is 10.2. The van der Waals surface area contributed by atoms with Crippen molar-refractivity contribution in [2.45, 2.75) is 13.5 Å². The lowest BCUT2D eigenvalue weighted by molar-refractivity contribution is -0.383. The number of nitrogens with one attached hydrogen (secondary N) is 1. The smallest absolute Gasteiger partial charge is 0.353 e. The predicted octanol–water partition coefficient (Wildman–Crippen LogP) is 2.14. The van der Waals surface area contributed by atoms with Gasteiger partial charge in [0.2, 0.25) is 11.6 Å². The molecule has 8 nitrogen and oxygen atoms in total. The Morgan fingerprint density at radius 3 is 2.52 bits per heavy atom. The molecule has 3 rings (SSSR count). The molecule has 0 radical (unpaired) electrons. The topological polar surface area (TPSA) is 87.4 Å². The van der Waals surface area contributed by atoms with Gasteiger partial charge in [-0.15, -0.1) is 0 Å². The summed E-state index contributed by atoms with van der Waals surface area (Å²) in [5.41, 5.74) is 1.24. The molecule has 132 valence electrons. The molecule has 1 aliphatic heterocycles. The van der Waals surface area contributed by atoms with E-state index >= 15 is 0 Å². The Balaban J connectivity index is 1.70. The second-order valence-electron chi connectivity index (χ2n) is 5.93. The zero-order valence-electron chi connectivity index (χ0n) is 14.3. The Kier molecular flexibility index (Phi) is 5.39. The first kappa shape index (κ1) is 17.1. The summed E-state index contributed by atoms with van der Waals surface area (Å²) in [6, 6.07) is 10.3. The Morgan fingerprint density at radius 2 is 1.88 bits per heavy atom. The van der Waals surface area contributed by atoms with E-state index in [9.17, 15) is 10.1 Å². The van der Waals surface area contributed by atoms with Gasteiger partial charge in [-0.1, -0.05) is 30.3 Å². The molecule has 1 aliphatic rings. The van der Waals surface area contributed by atoms with Crippen LogP contribution in [-0.2, 0) is 6.54 Å². The van der Waals surface area contributed by atoms with Crippen molar-refractivity contribution in [3.63, 3.8) is 0 Å². The van der Waals surface area contributed by atoms with Gasteiger partial charge in [0.25, 0.3) is 0 Å². The molecule has 25 heavy (non-hydrogen) atoms. The number of nitrogens with zero attached hydrogens (tertiary/aromatic N) is 5. The summed E-state index contributed by atoms with van der Waals surface area (Å²) >= 11 is 0. The summed E-state index contributed by atoms with van der Waals surface area (Å²) < 4.78 is 0. The quantitative estimate of drug-likeness (QED) is 0.635. The fourth-order valence-electron chi connectivity index (χ4n) is 3.03. The zero-order valence-corrected chi connectivity index (χ0v) is 14.3. The highest BCUT2D eigenvalue weighted by Gasteiger charge is 2.28. The molecule has 0 saturated carbocycles. The van der Waals surface area contributed by atoms with Gasteiger partial charge in [0.05, 0.1) is 4.92 Å². The summed E-state index contributed by atoms with van der Waals surface area (Å²) in [6.45, 7) is 6.44. The standard InChI is InChI=1S/C17H22N6O2/c1-2-18-16-15(23(24)25)17(20-13-19-16)22-10-8-21(9-11-22)12-14-6-4-3-5-7-14/h3-7,13H,2,8-12H2,1H3,(H,18,19,20). The minimum absolute atomic E-state index is 0.0409. The first-order valence-electron chi connectivity index (χ1n) is 8.43. The minimum atomic E-state index is -0.399. The second kappa shape index (κ2) is 7.89. The van der Waals surface area contributed by atoms with Crippen molar-refractivity contribution in [3.8, 4) is 0 Å². The first-order chi connectivity index (χ1) is 12.2. The Bertz CT molecular complexity index is 716. The number of hydrogen-bond donors (Lipinski definition) is 1. The average Bonchev–Trinajstić information content (AvgIpc) is 2.63. The number of piperazine rings is 1. The van der Waals surface area contributed by atoms with E-state index in [2.05, 4.69) is 32.3 Å². The van der Waals surface area contributed by atoms with Gasteiger partial charge in [-0.05, 0) is 12.5 Å². The van der Waals surface area contributed by atoms with E-state index in [1.807, 2.05) is 30.0 Å². The second-order valence-corrected chi connectivity index (χ2v) is 5.93. The van der Waals surface area contributed by atoms with Crippen LogP contribution in [0.3, 0.4) is 0 Å². The lowest BCUT2D eigenvalue weighted by Gasteiger charge is -2.35. The molecular formula is C17H22N6O2. The maximum atomic E-state index is 11.5. The fourth-order valence-corrected chi connectivity index (χ4v) is 3.03. The number of hydrogen-bond acceptors (Lipinski definition) is 7. The third-order valence-electron chi connectivity index (χ3n) is 4.25. The van der Waals surface area contributed by atoms with Gasteiger partial charge < -0.3 is 10.2 Å². The van der Waals surface area contributed by atoms with Crippen LogP contribution in [0.25, 0.3) is 0 Å². The van der Waals surface area contributed by atoms with Gasteiger partial charge in [0, 0.05) is 39.3 Å². The van der Waals surface area contributed by atoms with Gasteiger partial charge >= 0.3 is 5.69 Å². The van der Waals surface area contributed by atoms with Crippen LogP contribution in [-0.4, -0.2) is 52.5 Å². The van der Waals surface area contributed by atoms with E-state index in [-0.39, 0.29) is 11.5 Å². The summed E-state index contributed by atoms with van der Waals surface area (Å²) in [6.07, 6.45) is 1.39. The van der Waals surface area contributed by atoms with Crippen molar-refractivity contribution < 1.29 is 4.92 Å². The van der Waals surface area contributed by atoms with Crippen LogP contribution in [0.4, 0.5) is 17.3 Å². The number of anilines is 2. The lowest BCUT2D eigenvalue weighted by Crippen LogP contribution is -2.46. The van der Waals surface area contributed by atoms with Crippen molar-refractivity contribution in [2.75, 3.05) is 42.9 Å². The van der Waals surface area contributed by atoms with Crippen LogP contribution in [0, 0.1) is 10.1 Å². The van der Waals surface area contributed by atoms with Crippen LogP contribution in [0.1, 0.15) is 12.5 Å². The van der Waals surface area contributed by atoms with Gasteiger partial charge in [-0.3, -0.25) is 15.0 Å². The molecule has 1 saturated heterocycles. The monoisotopic (exact) mass is 342 g/mol. The van der Waals surface area contributed by atoms with Crippen LogP contribution in [0.2, 0.25) is 0 Å². The molecule has 0 bridgehead atoms. The molecule has 0 atom stereocenters. The normalized spacial score (nSPS) is 15.2. The maximum absolute atomic E-state index is 11.5. The fraction of sp³-hybridized carbons (Fsp3) is 0.412. The van der Waals surface area contributed by atoms with E-state index in [1.165, 1.54) is 11.9 Å². The van der Waals surface area contributed by atoms with Crippen molar-refractivity contribution >= 4 is 17.3 Å². The summed E-state index contributed by atoms with van der Waals surface area (Å²) in [4.78, 5) is 23.6.